The molecule has 5 heteroatoms. The second-order valence-electron chi connectivity index (χ2n) is 7.14. The van der Waals surface area contributed by atoms with Gasteiger partial charge in [-0.1, -0.05) is 29.3 Å². The zero-order valence-electron chi connectivity index (χ0n) is 15.6. The Morgan fingerprint density at radius 2 is 2.00 bits per heavy atom. The van der Waals surface area contributed by atoms with E-state index in [1.54, 1.807) is 7.11 Å². The van der Waals surface area contributed by atoms with Crippen molar-refractivity contribution < 1.29 is 4.74 Å². The number of fused-ring (bicyclic) bond motifs is 1. The molecule has 2 aromatic rings. The van der Waals surface area contributed by atoms with Crippen molar-refractivity contribution in [2.75, 3.05) is 20.2 Å². The van der Waals surface area contributed by atoms with Crippen LogP contribution in [0.3, 0.4) is 0 Å². The summed E-state index contributed by atoms with van der Waals surface area (Å²) >= 11 is 3.55. The first-order valence-electron chi connectivity index (χ1n) is 9.16. The van der Waals surface area contributed by atoms with Crippen LogP contribution in [0.4, 0.5) is 0 Å². The largest absolute Gasteiger partial charge is 0.496 e. The second kappa shape index (κ2) is 8.02. The number of halogens is 1. The molecule has 25 heavy (non-hydrogen) atoms. The van der Waals surface area contributed by atoms with Gasteiger partial charge in [0.2, 0.25) is 0 Å². The summed E-state index contributed by atoms with van der Waals surface area (Å²) in [6.45, 7) is 8.88. The standard InChI is InChI=1S/C20H28BrN3O/c1-5-6-19(24-11-13(2)22-14(3)12-24)18-10-20(25-4)16-9-15(21)7-8-17(16)23-18/h7-10,13-14,19,22H,5-6,11-12H2,1-4H3/t13-,14+,19?. The fourth-order valence-electron chi connectivity index (χ4n) is 3.94. The third-order valence-electron chi connectivity index (χ3n) is 4.90. The Labute approximate surface area is 159 Å². The molecule has 1 aliphatic heterocycles. The molecule has 1 saturated heterocycles. The van der Waals surface area contributed by atoms with Crippen LogP contribution in [-0.4, -0.2) is 42.2 Å². The summed E-state index contributed by atoms with van der Waals surface area (Å²) in [6.07, 6.45) is 2.25. The third-order valence-corrected chi connectivity index (χ3v) is 5.40. The number of ether oxygens (including phenoxy) is 1. The highest BCUT2D eigenvalue weighted by molar-refractivity contribution is 9.10. The number of methoxy groups -OCH3 is 1. The summed E-state index contributed by atoms with van der Waals surface area (Å²) in [5.74, 6) is 0.902. The van der Waals surface area contributed by atoms with Crippen molar-refractivity contribution in [2.45, 2.75) is 51.7 Å². The molecule has 3 rings (SSSR count). The highest BCUT2D eigenvalue weighted by Gasteiger charge is 2.29. The van der Waals surface area contributed by atoms with E-state index in [0.29, 0.717) is 18.1 Å². The van der Waals surface area contributed by atoms with Crippen LogP contribution in [0.15, 0.2) is 28.7 Å². The molecule has 0 saturated carbocycles. The van der Waals surface area contributed by atoms with Crippen molar-refractivity contribution in [3.8, 4) is 5.75 Å². The highest BCUT2D eigenvalue weighted by Crippen LogP contribution is 2.33. The Bertz CT molecular complexity index is 726. The van der Waals surface area contributed by atoms with Gasteiger partial charge >= 0.3 is 0 Å². The predicted molar refractivity (Wildman–Crippen MR) is 107 cm³/mol. The Morgan fingerprint density at radius 3 is 2.64 bits per heavy atom. The average Bonchev–Trinajstić information content (AvgIpc) is 2.58. The van der Waals surface area contributed by atoms with Crippen LogP contribution in [0.25, 0.3) is 10.9 Å². The van der Waals surface area contributed by atoms with Crippen molar-refractivity contribution >= 4 is 26.8 Å². The number of piperazine rings is 1. The molecule has 4 nitrogen and oxygen atoms in total. The summed E-state index contributed by atoms with van der Waals surface area (Å²) in [6, 6.07) is 9.66. The molecule has 1 aromatic carbocycles. The molecule has 0 aliphatic carbocycles. The van der Waals surface area contributed by atoms with Gasteiger partial charge in [0.25, 0.3) is 0 Å². The molecule has 0 spiro atoms. The van der Waals surface area contributed by atoms with Gasteiger partial charge in [-0.05, 0) is 38.5 Å². The van der Waals surface area contributed by atoms with E-state index in [1.807, 2.05) is 6.07 Å². The molecule has 136 valence electrons. The minimum absolute atomic E-state index is 0.332. The summed E-state index contributed by atoms with van der Waals surface area (Å²) in [5, 5.41) is 4.68. The summed E-state index contributed by atoms with van der Waals surface area (Å²) in [7, 11) is 1.74. The summed E-state index contributed by atoms with van der Waals surface area (Å²) in [4.78, 5) is 7.59. The van der Waals surface area contributed by atoms with E-state index < -0.39 is 0 Å². The first kappa shape index (κ1) is 18.6. The number of aromatic nitrogens is 1. The van der Waals surface area contributed by atoms with Gasteiger partial charge in [0.15, 0.2) is 0 Å². The maximum absolute atomic E-state index is 5.69. The lowest BCUT2D eigenvalue weighted by Crippen LogP contribution is -2.55. The fraction of sp³-hybridized carbons (Fsp3) is 0.550. The SMILES string of the molecule is CCCC(c1cc(OC)c2cc(Br)ccc2n1)N1C[C@@H](C)N[C@@H](C)C1. The Balaban J connectivity index is 2.02. The first-order valence-corrected chi connectivity index (χ1v) is 9.95. The molecule has 3 atom stereocenters. The van der Waals surface area contributed by atoms with E-state index in [9.17, 15) is 0 Å². The van der Waals surface area contributed by atoms with Crippen molar-refractivity contribution in [1.82, 2.24) is 15.2 Å². The van der Waals surface area contributed by atoms with E-state index in [-0.39, 0.29) is 0 Å². The molecular weight excluding hydrogens is 378 g/mol. The van der Waals surface area contributed by atoms with Crippen molar-refractivity contribution in [2.24, 2.45) is 0 Å². The molecule has 0 bridgehead atoms. The number of hydrogen-bond acceptors (Lipinski definition) is 4. The van der Waals surface area contributed by atoms with Gasteiger partial charge in [-0.3, -0.25) is 9.88 Å². The van der Waals surface area contributed by atoms with Crippen LogP contribution in [-0.2, 0) is 0 Å². The van der Waals surface area contributed by atoms with E-state index in [1.165, 1.54) is 0 Å². The van der Waals surface area contributed by atoms with Gasteiger partial charge in [0.05, 0.1) is 24.4 Å². The lowest BCUT2D eigenvalue weighted by Gasteiger charge is -2.40. The lowest BCUT2D eigenvalue weighted by atomic mass is 10.0. The van der Waals surface area contributed by atoms with Gasteiger partial charge in [-0.15, -0.1) is 0 Å². The zero-order chi connectivity index (χ0) is 18.0. The monoisotopic (exact) mass is 405 g/mol. The van der Waals surface area contributed by atoms with Crippen LogP contribution < -0.4 is 10.1 Å². The number of pyridine rings is 1. The molecule has 0 amide bonds. The Morgan fingerprint density at radius 1 is 1.28 bits per heavy atom. The number of benzene rings is 1. The average molecular weight is 406 g/mol. The van der Waals surface area contributed by atoms with Gasteiger partial charge in [0.1, 0.15) is 5.75 Å². The van der Waals surface area contributed by atoms with Crippen LogP contribution >= 0.6 is 15.9 Å². The molecule has 1 aromatic heterocycles. The summed E-state index contributed by atoms with van der Waals surface area (Å²) in [5.41, 5.74) is 2.12. The topological polar surface area (TPSA) is 37.4 Å². The maximum Gasteiger partial charge on any atom is 0.130 e. The van der Waals surface area contributed by atoms with E-state index in [2.05, 4.69) is 65.1 Å². The minimum Gasteiger partial charge on any atom is -0.496 e. The molecule has 1 fully saturated rings. The maximum atomic E-state index is 5.69. The number of nitrogens with zero attached hydrogens (tertiary/aromatic N) is 2. The Kier molecular flexibility index (Phi) is 5.97. The number of nitrogens with one attached hydrogen (secondary N) is 1. The fourth-order valence-corrected chi connectivity index (χ4v) is 4.30. The molecule has 0 radical (unpaired) electrons. The zero-order valence-corrected chi connectivity index (χ0v) is 17.1. The van der Waals surface area contributed by atoms with Gasteiger partial charge in [0, 0.05) is 41.1 Å². The van der Waals surface area contributed by atoms with Crippen molar-refractivity contribution in [3.63, 3.8) is 0 Å². The quantitative estimate of drug-likeness (QED) is 0.792. The van der Waals surface area contributed by atoms with Gasteiger partial charge in [-0.2, -0.15) is 0 Å². The van der Waals surface area contributed by atoms with Crippen LogP contribution in [0.5, 0.6) is 5.75 Å². The van der Waals surface area contributed by atoms with E-state index >= 15 is 0 Å². The van der Waals surface area contributed by atoms with E-state index in [4.69, 9.17) is 9.72 Å². The van der Waals surface area contributed by atoms with Crippen LogP contribution in [0.1, 0.15) is 45.3 Å². The Hall–Kier alpha value is -1.17. The molecule has 1 unspecified atom stereocenters. The molecular formula is C20H28BrN3O. The highest BCUT2D eigenvalue weighted by atomic mass is 79.9. The summed E-state index contributed by atoms with van der Waals surface area (Å²) < 4.78 is 6.73. The van der Waals surface area contributed by atoms with Gasteiger partial charge in [-0.25, -0.2) is 0 Å². The van der Waals surface area contributed by atoms with Gasteiger partial charge < -0.3 is 10.1 Å². The van der Waals surface area contributed by atoms with E-state index in [0.717, 1.165) is 52.8 Å². The molecule has 1 N–H and O–H groups in total. The van der Waals surface area contributed by atoms with Crippen molar-refractivity contribution in [1.29, 1.82) is 0 Å². The normalized spacial score (nSPS) is 22.9. The smallest absolute Gasteiger partial charge is 0.130 e. The van der Waals surface area contributed by atoms with Crippen LogP contribution in [0.2, 0.25) is 0 Å². The molecule has 2 heterocycles. The van der Waals surface area contributed by atoms with Crippen LogP contribution in [0, 0.1) is 0 Å². The lowest BCUT2D eigenvalue weighted by molar-refractivity contribution is 0.114. The second-order valence-corrected chi connectivity index (χ2v) is 8.05. The third kappa shape index (κ3) is 4.15. The molecule has 1 aliphatic rings. The number of rotatable bonds is 5. The predicted octanol–water partition coefficient (Wildman–Crippen LogP) is 4.53. The minimum atomic E-state index is 0.332. The number of hydrogen-bond donors (Lipinski definition) is 1. The first-order chi connectivity index (χ1) is 12.0. The van der Waals surface area contributed by atoms with Crippen molar-refractivity contribution in [3.05, 3.63) is 34.4 Å².